The van der Waals surface area contributed by atoms with Gasteiger partial charge < -0.3 is 25.2 Å². The van der Waals surface area contributed by atoms with Crippen LogP contribution in [0.15, 0.2) is 0 Å². The van der Waals surface area contributed by atoms with Crippen molar-refractivity contribution in [1.82, 2.24) is 24.8 Å². The van der Waals surface area contributed by atoms with Crippen molar-refractivity contribution in [3.63, 3.8) is 0 Å². The van der Waals surface area contributed by atoms with Crippen LogP contribution in [0.4, 0.5) is 13.6 Å². The van der Waals surface area contributed by atoms with Crippen molar-refractivity contribution < 1.29 is 28.5 Å². The monoisotopic (exact) mass is 391 g/mol. The van der Waals surface area contributed by atoms with Crippen LogP contribution >= 0.6 is 11.3 Å². The number of carbonyl (C=O) groups is 1. The van der Waals surface area contributed by atoms with Gasteiger partial charge in [-0.1, -0.05) is 24.7 Å². The Morgan fingerprint density at radius 3 is 2.85 bits per heavy atom. The second-order valence-electron chi connectivity index (χ2n) is 5.97. The molecule has 12 heteroatoms. The smallest absolute Gasteiger partial charge is 0.336 e. The lowest BCUT2D eigenvalue weighted by atomic mass is 10.2. The molecule has 0 bridgehead atoms. The van der Waals surface area contributed by atoms with E-state index in [0.29, 0.717) is 17.9 Å². The number of methoxy groups -OCH3 is 1. The maximum Gasteiger partial charge on any atom is 0.336 e. The predicted molar refractivity (Wildman–Crippen MR) is 86.6 cm³/mol. The number of imidazole rings is 1. The Labute approximate surface area is 151 Å². The summed E-state index contributed by atoms with van der Waals surface area (Å²) in [5.41, 5.74) is -0.461. The van der Waals surface area contributed by atoms with E-state index in [9.17, 15) is 23.8 Å². The first-order chi connectivity index (χ1) is 12.3. The van der Waals surface area contributed by atoms with Gasteiger partial charge in [-0.25, -0.2) is 23.1 Å². The highest BCUT2D eigenvalue weighted by Crippen LogP contribution is 2.31. The van der Waals surface area contributed by atoms with Gasteiger partial charge in [0.2, 0.25) is 9.97 Å². The van der Waals surface area contributed by atoms with Gasteiger partial charge in [-0.15, -0.1) is 0 Å². The first-order valence-electron chi connectivity index (χ1n) is 7.99. The Hall–Kier alpha value is -1.89. The minimum atomic E-state index is -2.85. The molecule has 1 aliphatic rings. The van der Waals surface area contributed by atoms with Gasteiger partial charge in [0.05, 0.1) is 12.2 Å². The molecule has 0 spiro atoms. The number of rotatable bonds is 7. The zero-order valence-corrected chi connectivity index (χ0v) is 15.0. The van der Waals surface area contributed by atoms with E-state index in [0.717, 1.165) is 24.5 Å². The van der Waals surface area contributed by atoms with Gasteiger partial charge in [-0.2, -0.15) is 5.10 Å². The summed E-state index contributed by atoms with van der Waals surface area (Å²) < 4.78 is 32.4. The number of fused-ring (bicyclic) bond motifs is 1. The van der Waals surface area contributed by atoms with E-state index in [2.05, 4.69) is 20.1 Å². The first-order valence-corrected chi connectivity index (χ1v) is 8.80. The van der Waals surface area contributed by atoms with E-state index in [1.807, 2.05) is 6.92 Å². The SMILES string of the molecule is CCCC1CN(Cc2c(C(F)F)nc3sc(C(O)(O)OC)nn23)C(=O)N1. The number of amides is 2. The zero-order chi connectivity index (χ0) is 19.1. The fraction of sp³-hybridized carbons (Fsp3) is 0.643. The lowest BCUT2D eigenvalue weighted by Gasteiger charge is -2.16. The van der Waals surface area contributed by atoms with E-state index in [4.69, 9.17) is 0 Å². The predicted octanol–water partition coefficient (Wildman–Crippen LogP) is 1.16. The second-order valence-corrected chi connectivity index (χ2v) is 6.93. The number of aromatic nitrogens is 3. The van der Waals surface area contributed by atoms with Gasteiger partial charge >= 0.3 is 12.0 Å². The number of aliphatic hydroxyl groups is 2. The summed E-state index contributed by atoms with van der Waals surface area (Å²) in [7, 11) is 1.07. The van der Waals surface area contributed by atoms with E-state index in [1.54, 1.807) is 0 Å². The molecule has 1 aliphatic heterocycles. The van der Waals surface area contributed by atoms with Gasteiger partial charge in [-0.05, 0) is 6.42 Å². The fourth-order valence-corrected chi connectivity index (χ4v) is 3.73. The molecule has 3 rings (SSSR count). The molecule has 144 valence electrons. The van der Waals surface area contributed by atoms with Crippen molar-refractivity contribution in [3.05, 3.63) is 16.4 Å². The number of nitrogens with one attached hydrogen (secondary N) is 1. The Kier molecular flexibility index (Phi) is 5.10. The van der Waals surface area contributed by atoms with Gasteiger partial charge in [0.25, 0.3) is 6.43 Å². The highest BCUT2D eigenvalue weighted by atomic mass is 32.1. The number of hydrogen-bond donors (Lipinski definition) is 3. The maximum atomic E-state index is 13.4. The standard InChI is InChI=1S/C14H19F2N5O4S/c1-3-4-7-5-20(12(22)17-7)6-8-9(10(15)16)18-13-21(8)19-11(26-13)14(23,24)25-2/h7,10,23-24H,3-6H2,1-2H3,(H,17,22). The summed E-state index contributed by atoms with van der Waals surface area (Å²) in [5.74, 6) is -2.65. The van der Waals surface area contributed by atoms with Crippen molar-refractivity contribution in [2.75, 3.05) is 13.7 Å². The Morgan fingerprint density at radius 2 is 2.23 bits per heavy atom. The molecule has 1 fully saturated rings. The summed E-state index contributed by atoms with van der Waals surface area (Å²) in [4.78, 5) is 17.4. The Balaban J connectivity index is 1.95. The molecule has 0 saturated carbocycles. The summed E-state index contributed by atoms with van der Waals surface area (Å²) in [6, 6.07) is -0.377. The van der Waals surface area contributed by atoms with Crippen LogP contribution in [-0.2, 0) is 17.3 Å². The number of nitrogens with zero attached hydrogens (tertiary/aromatic N) is 4. The van der Waals surface area contributed by atoms with E-state index >= 15 is 0 Å². The van der Waals surface area contributed by atoms with Crippen molar-refractivity contribution in [1.29, 1.82) is 0 Å². The van der Waals surface area contributed by atoms with Crippen LogP contribution in [0.25, 0.3) is 4.96 Å². The third kappa shape index (κ3) is 3.37. The highest BCUT2D eigenvalue weighted by Gasteiger charge is 2.35. The summed E-state index contributed by atoms with van der Waals surface area (Å²) in [6.45, 7) is 2.27. The lowest BCUT2D eigenvalue weighted by Crippen LogP contribution is -2.29. The van der Waals surface area contributed by atoms with Gasteiger partial charge in [0.1, 0.15) is 5.69 Å². The number of urea groups is 1. The average molecular weight is 391 g/mol. The number of hydrogen-bond acceptors (Lipinski definition) is 7. The largest absolute Gasteiger partial charge is 0.338 e. The van der Waals surface area contributed by atoms with Crippen LogP contribution in [0.5, 0.6) is 0 Å². The number of ether oxygens (including phenoxy) is 1. The molecule has 1 unspecified atom stereocenters. The number of alkyl halides is 2. The summed E-state index contributed by atoms with van der Waals surface area (Å²) in [6.07, 6.45) is -1.17. The van der Waals surface area contributed by atoms with Gasteiger partial charge in [0.15, 0.2) is 0 Å². The van der Waals surface area contributed by atoms with Crippen molar-refractivity contribution >= 4 is 22.3 Å². The number of carbonyl (C=O) groups excluding carboxylic acids is 1. The summed E-state index contributed by atoms with van der Waals surface area (Å²) >= 11 is 0.712. The minimum Gasteiger partial charge on any atom is -0.338 e. The minimum absolute atomic E-state index is 0.0247. The molecule has 1 saturated heterocycles. The molecule has 2 aromatic rings. The quantitative estimate of drug-likeness (QED) is 0.611. The molecule has 1 atom stereocenters. The van der Waals surface area contributed by atoms with Crippen LogP contribution in [0.3, 0.4) is 0 Å². The van der Waals surface area contributed by atoms with Crippen molar-refractivity contribution in [2.45, 2.75) is 44.8 Å². The van der Waals surface area contributed by atoms with E-state index in [-0.39, 0.29) is 34.3 Å². The zero-order valence-electron chi connectivity index (χ0n) is 14.1. The third-order valence-corrected chi connectivity index (χ3v) is 5.12. The lowest BCUT2D eigenvalue weighted by molar-refractivity contribution is -0.338. The van der Waals surface area contributed by atoms with Gasteiger partial charge in [0, 0.05) is 19.7 Å². The molecule has 0 aromatic carbocycles. The van der Waals surface area contributed by atoms with Crippen LogP contribution < -0.4 is 5.32 Å². The molecule has 3 heterocycles. The molecule has 0 radical (unpaired) electrons. The molecule has 26 heavy (non-hydrogen) atoms. The van der Waals surface area contributed by atoms with Crippen LogP contribution in [-0.4, -0.2) is 55.4 Å². The maximum absolute atomic E-state index is 13.4. The van der Waals surface area contributed by atoms with Crippen LogP contribution in [0.1, 0.15) is 42.6 Å². The molecule has 2 aromatic heterocycles. The topological polar surface area (TPSA) is 112 Å². The summed E-state index contributed by atoms with van der Waals surface area (Å²) in [5, 5.41) is 25.9. The fourth-order valence-electron chi connectivity index (χ4n) is 2.84. The Bertz CT molecular complexity index is 809. The third-order valence-electron chi connectivity index (χ3n) is 4.13. The first kappa shape index (κ1) is 18.9. The second kappa shape index (κ2) is 7.02. The normalized spacial score (nSPS) is 18.3. The average Bonchev–Trinajstić information content (AvgIpc) is 3.23. The molecule has 9 nitrogen and oxygen atoms in total. The van der Waals surface area contributed by atoms with Crippen LogP contribution in [0.2, 0.25) is 0 Å². The van der Waals surface area contributed by atoms with Crippen molar-refractivity contribution in [2.24, 2.45) is 0 Å². The molecule has 2 amide bonds. The van der Waals surface area contributed by atoms with E-state index < -0.39 is 18.1 Å². The van der Waals surface area contributed by atoms with Crippen LogP contribution in [0, 0.1) is 0 Å². The van der Waals surface area contributed by atoms with E-state index in [1.165, 1.54) is 4.90 Å². The highest BCUT2D eigenvalue weighted by molar-refractivity contribution is 7.16. The molecular formula is C14H19F2N5O4S. The molecule has 0 aliphatic carbocycles. The van der Waals surface area contributed by atoms with Crippen molar-refractivity contribution in [3.8, 4) is 0 Å². The van der Waals surface area contributed by atoms with Gasteiger partial charge in [-0.3, -0.25) is 0 Å². The molecular weight excluding hydrogens is 372 g/mol. The Morgan fingerprint density at radius 1 is 1.50 bits per heavy atom. The number of halogens is 2. The molecule has 3 N–H and O–H groups in total.